The summed E-state index contributed by atoms with van der Waals surface area (Å²) in [6.07, 6.45) is 0. The normalized spacial score (nSPS) is 9.90. The van der Waals surface area contributed by atoms with Crippen molar-refractivity contribution in [1.29, 1.82) is 5.26 Å². The zero-order chi connectivity index (χ0) is 14.5. The molecule has 0 aliphatic rings. The zero-order valence-electron chi connectivity index (χ0n) is 10.5. The lowest BCUT2D eigenvalue weighted by atomic mass is 9.80. The van der Waals surface area contributed by atoms with E-state index in [-0.39, 0.29) is 17.8 Å². The van der Waals surface area contributed by atoms with Crippen LogP contribution in [0.3, 0.4) is 0 Å². The summed E-state index contributed by atoms with van der Waals surface area (Å²) in [5, 5.41) is 26.6. The van der Waals surface area contributed by atoms with E-state index in [0.29, 0.717) is 5.56 Å². The Kier molecular flexibility index (Phi) is 4.36. The average Bonchev–Trinajstić information content (AvgIpc) is 2.45. The molecule has 0 aliphatic carbocycles. The summed E-state index contributed by atoms with van der Waals surface area (Å²) in [4.78, 5) is 0. The summed E-state index contributed by atoms with van der Waals surface area (Å²) in [6, 6.07) is 12.7. The lowest BCUT2D eigenvalue weighted by Gasteiger charge is -2.08. The third-order valence-electron chi connectivity index (χ3n) is 2.71. The van der Waals surface area contributed by atoms with Gasteiger partial charge in [0.2, 0.25) is 0 Å². The van der Waals surface area contributed by atoms with Crippen LogP contribution in [0.2, 0.25) is 0 Å². The van der Waals surface area contributed by atoms with Crippen molar-refractivity contribution in [3.8, 4) is 11.8 Å². The first-order valence-electron chi connectivity index (χ1n) is 5.87. The van der Waals surface area contributed by atoms with Gasteiger partial charge in [-0.05, 0) is 23.8 Å². The third kappa shape index (κ3) is 3.35. The maximum absolute atomic E-state index is 13.5. The van der Waals surface area contributed by atoms with E-state index in [4.69, 9.17) is 20.0 Å². The fraction of sp³-hybridized carbons (Fsp3) is 0.0714. The fourth-order valence-electron chi connectivity index (χ4n) is 1.70. The molecule has 0 spiro atoms. The highest BCUT2D eigenvalue weighted by Crippen LogP contribution is 2.14. The van der Waals surface area contributed by atoms with Crippen LogP contribution in [0.5, 0.6) is 5.75 Å². The molecule has 0 radical (unpaired) electrons. The Hall–Kier alpha value is -2.36. The average molecular weight is 271 g/mol. The topological polar surface area (TPSA) is 73.5 Å². The number of hydrogen-bond donors (Lipinski definition) is 2. The minimum absolute atomic E-state index is 0.190. The predicted molar refractivity (Wildman–Crippen MR) is 71.7 cm³/mol. The molecule has 4 nitrogen and oxygen atoms in total. The van der Waals surface area contributed by atoms with Crippen LogP contribution in [0, 0.1) is 17.1 Å². The molecule has 100 valence electrons. The number of benzene rings is 2. The number of nitriles is 1. The van der Waals surface area contributed by atoms with Gasteiger partial charge in [0.25, 0.3) is 0 Å². The van der Waals surface area contributed by atoms with Crippen molar-refractivity contribution in [2.45, 2.75) is 6.61 Å². The molecular formula is C14H11BFNO3. The van der Waals surface area contributed by atoms with E-state index in [1.807, 2.05) is 6.07 Å². The molecule has 0 bridgehead atoms. The second-order valence-corrected chi connectivity index (χ2v) is 4.16. The molecule has 0 saturated heterocycles. The predicted octanol–water partition coefficient (Wildman–Crippen LogP) is 0.956. The summed E-state index contributed by atoms with van der Waals surface area (Å²) in [6.45, 7) is 0.190. The Morgan fingerprint density at radius 3 is 2.65 bits per heavy atom. The van der Waals surface area contributed by atoms with E-state index in [2.05, 4.69) is 0 Å². The first kappa shape index (κ1) is 14.1. The van der Waals surface area contributed by atoms with Crippen LogP contribution in [0.25, 0.3) is 0 Å². The molecule has 0 heterocycles. The van der Waals surface area contributed by atoms with Crippen LogP contribution < -0.4 is 10.2 Å². The van der Waals surface area contributed by atoms with Crippen molar-refractivity contribution < 1.29 is 19.2 Å². The number of nitrogens with zero attached hydrogens (tertiary/aromatic N) is 1. The summed E-state index contributed by atoms with van der Waals surface area (Å²) in [5.41, 5.74) is 1.11. The first-order valence-corrected chi connectivity index (χ1v) is 5.87. The van der Waals surface area contributed by atoms with Crippen LogP contribution >= 0.6 is 0 Å². The van der Waals surface area contributed by atoms with Crippen molar-refractivity contribution >= 4 is 12.6 Å². The fourth-order valence-corrected chi connectivity index (χ4v) is 1.70. The van der Waals surface area contributed by atoms with Gasteiger partial charge < -0.3 is 14.8 Å². The van der Waals surface area contributed by atoms with Gasteiger partial charge in [-0.3, -0.25) is 0 Å². The highest BCUT2D eigenvalue weighted by molar-refractivity contribution is 6.58. The van der Waals surface area contributed by atoms with Crippen LogP contribution in [-0.4, -0.2) is 17.2 Å². The number of rotatable bonds is 4. The van der Waals surface area contributed by atoms with Gasteiger partial charge in [0.15, 0.2) is 0 Å². The minimum Gasteiger partial charge on any atom is -0.489 e. The van der Waals surface area contributed by atoms with Gasteiger partial charge in [-0.25, -0.2) is 4.39 Å². The van der Waals surface area contributed by atoms with Gasteiger partial charge in [0, 0.05) is 11.5 Å². The Labute approximate surface area is 115 Å². The Morgan fingerprint density at radius 1 is 1.20 bits per heavy atom. The molecule has 2 rings (SSSR count). The lowest BCUT2D eigenvalue weighted by molar-refractivity contribution is 0.304. The van der Waals surface area contributed by atoms with E-state index >= 15 is 0 Å². The Bertz CT molecular complexity index is 655. The lowest BCUT2D eigenvalue weighted by Crippen LogP contribution is -2.32. The maximum atomic E-state index is 13.5. The van der Waals surface area contributed by atoms with Crippen LogP contribution in [0.1, 0.15) is 11.1 Å². The second kappa shape index (κ2) is 6.19. The summed E-state index contributed by atoms with van der Waals surface area (Å²) < 4.78 is 18.9. The van der Waals surface area contributed by atoms with E-state index < -0.39 is 12.9 Å². The first-order chi connectivity index (χ1) is 9.60. The largest absolute Gasteiger partial charge is 0.491 e. The SMILES string of the molecule is N#Cc1cccc(COc2ccc(B(O)O)c(F)c2)c1. The van der Waals surface area contributed by atoms with Gasteiger partial charge in [0.1, 0.15) is 18.2 Å². The van der Waals surface area contributed by atoms with Crippen molar-refractivity contribution in [3.63, 3.8) is 0 Å². The van der Waals surface area contributed by atoms with Gasteiger partial charge in [0.05, 0.1) is 11.6 Å². The molecule has 20 heavy (non-hydrogen) atoms. The molecule has 6 heteroatoms. The molecule has 2 aromatic carbocycles. The van der Waals surface area contributed by atoms with E-state index in [0.717, 1.165) is 11.6 Å². The van der Waals surface area contributed by atoms with Crippen molar-refractivity contribution in [2.75, 3.05) is 0 Å². The standard InChI is InChI=1S/C14H11BFNO3/c16-14-7-12(4-5-13(14)15(18)19)20-9-11-3-1-2-10(6-11)8-17/h1-7,18-19H,9H2. The second-order valence-electron chi connectivity index (χ2n) is 4.16. The Balaban J connectivity index is 2.07. The number of hydrogen-bond acceptors (Lipinski definition) is 4. The third-order valence-corrected chi connectivity index (χ3v) is 2.71. The number of ether oxygens (including phenoxy) is 1. The summed E-state index contributed by atoms with van der Waals surface area (Å²) >= 11 is 0. The molecule has 0 aliphatic heterocycles. The molecular weight excluding hydrogens is 260 g/mol. The molecule has 2 N–H and O–H groups in total. The summed E-state index contributed by atoms with van der Waals surface area (Å²) in [7, 11) is -1.85. The van der Waals surface area contributed by atoms with Crippen LogP contribution in [0.15, 0.2) is 42.5 Å². The van der Waals surface area contributed by atoms with Gasteiger partial charge in [-0.15, -0.1) is 0 Å². The molecule has 2 aromatic rings. The van der Waals surface area contributed by atoms with Gasteiger partial charge >= 0.3 is 7.12 Å². The quantitative estimate of drug-likeness (QED) is 0.812. The van der Waals surface area contributed by atoms with E-state index in [1.54, 1.807) is 24.3 Å². The van der Waals surface area contributed by atoms with Crippen molar-refractivity contribution in [2.24, 2.45) is 0 Å². The monoisotopic (exact) mass is 271 g/mol. The van der Waals surface area contributed by atoms with E-state index in [1.165, 1.54) is 12.1 Å². The van der Waals surface area contributed by atoms with E-state index in [9.17, 15) is 4.39 Å². The zero-order valence-corrected chi connectivity index (χ0v) is 10.5. The molecule has 0 aromatic heterocycles. The minimum atomic E-state index is -1.85. The molecule has 0 unspecified atom stereocenters. The smallest absolute Gasteiger partial charge is 0.489 e. The molecule has 0 fully saturated rings. The maximum Gasteiger partial charge on any atom is 0.491 e. The summed E-state index contributed by atoms with van der Waals surface area (Å²) in [5.74, 6) is -0.475. The number of halogens is 1. The highest BCUT2D eigenvalue weighted by Gasteiger charge is 2.16. The highest BCUT2D eigenvalue weighted by atomic mass is 19.1. The molecule has 0 atom stereocenters. The van der Waals surface area contributed by atoms with Crippen molar-refractivity contribution in [1.82, 2.24) is 0 Å². The van der Waals surface area contributed by atoms with Crippen LogP contribution in [-0.2, 0) is 6.61 Å². The van der Waals surface area contributed by atoms with Crippen molar-refractivity contribution in [3.05, 3.63) is 59.4 Å². The molecule has 0 amide bonds. The van der Waals surface area contributed by atoms with Crippen LogP contribution in [0.4, 0.5) is 4.39 Å². The molecule has 0 saturated carbocycles. The van der Waals surface area contributed by atoms with Gasteiger partial charge in [-0.2, -0.15) is 5.26 Å². The van der Waals surface area contributed by atoms with Gasteiger partial charge in [-0.1, -0.05) is 18.2 Å². The Morgan fingerprint density at radius 2 is 2.00 bits per heavy atom.